The highest BCUT2D eigenvalue weighted by Gasteiger charge is 2.05. The Labute approximate surface area is 422 Å². The number of benzene rings is 7. The lowest BCUT2D eigenvalue weighted by Gasteiger charge is -2.07. The average molecular weight is 951 g/mol. The highest BCUT2D eigenvalue weighted by atomic mass is 16.5. The molecule has 0 unspecified atom stereocenters. The molecule has 0 aliphatic carbocycles. The molecule has 0 amide bonds. The second kappa shape index (κ2) is 33.1. The Morgan fingerprint density at radius 2 is 0.775 bits per heavy atom. The van der Waals surface area contributed by atoms with E-state index in [0.29, 0.717) is 16.9 Å². The molecule has 7 nitrogen and oxygen atoms in total. The lowest BCUT2D eigenvalue weighted by Crippen LogP contribution is -2.00. The zero-order chi connectivity index (χ0) is 50.9. The molecule has 0 aliphatic rings. The largest absolute Gasteiger partial charge is 0.497 e. The van der Waals surface area contributed by atoms with Crippen LogP contribution in [-0.4, -0.2) is 51.1 Å². The number of ether oxygens (including phenoxy) is 4. The molecule has 0 saturated carbocycles. The summed E-state index contributed by atoms with van der Waals surface area (Å²) in [4.78, 5) is 35.3. The Morgan fingerprint density at radius 3 is 1.13 bits per heavy atom. The molecule has 0 aliphatic heterocycles. The lowest BCUT2D eigenvalue weighted by atomic mass is 9.99. The molecule has 7 rings (SSSR count). The van der Waals surface area contributed by atoms with Crippen LogP contribution in [0.25, 0.3) is 23.3 Å². The molecule has 0 heterocycles. The Hall–Kier alpha value is -7.45. The van der Waals surface area contributed by atoms with Gasteiger partial charge in [-0.25, -0.2) is 0 Å². The van der Waals surface area contributed by atoms with Crippen molar-refractivity contribution in [1.82, 2.24) is 0 Å². The molecule has 0 saturated heterocycles. The van der Waals surface area contributed by atoms with E-state index in [1.54, 1.807) is 31.4 Å². The van der Waals surface area contributed by atoms with Crippen LogP contribution in [0, 0.1) is 0 Å². The number of esters is 1. The van der Waals surface area contributed by atoms with Gasteiger partial charge in [0.15, 0.2) is 11.6 Å². The highest BCUT2D eigenvalue weighted by molar-refractivity contribution is 6.07. The van der Waals surface area contributed by atoms with Gasteiger partial charge in [0, 0.05) is 44.5 Å². The monoisotopic (exact) mass is 951 g/mol. The Balaban J connectivity index is 0.000000252. The molecule has 0 aromatic heterocycles. The first-order valence-electron chi connectivity index (χ1n) is 24.5. The van der Waals surface area contributed by atoms with Gasteiger partial charge < -0.3 is 18.9 Å². The third-order valence-corrected chi connectivity index (χ3v) is 10.6. The van der Waals surface area contributed by atoms with Crippen LogP contribution in [0.4, 0.5) is 0 Å². The van der Waals surface area contributed by atoms with E-state index in [9.17, 15) is 14.4 Å². The van der Waals surface area contributed by atoms with Gasteiger partial charge >= 0.3 is 5.97 Å². The molecule has 368 valence electrons. The van der Waals surface area contributed by atoms with E-state index in [2.05, 4.69) is 81.4 Å². The van der Waals surface area contributed by atoms with Gasteiger partial charge in [-0.15, -0.1) is 0 Å². The smallest absolute Gasteiger partial charge is 0.308 e. The number of ketones is 2. The lowest BCUT2D eigenvalue weighted by molar-refractivity contribution is -0.131. The first-order valence-corrected chi connectivity index (χ1v) is 24.5. The van der Waals surface area contributed by atoms with Crippen molar-refractivity contribution in [2.24, 2.45) is 0 Å². The molecule has 0 spiro atoms. The maximum absolute atomic E-state index is 12.2. The molecule has 0 atom stereocenters. The predicted molar refractivity (Wildman–Crippen MR) is 292 cm³/mol. The first kappa shape index (κ1) is 56.1. The molecule has 0 N–H and O–H groups in total. The van der Waals surface area contributed by atoms with Crippen LogP contribution < -0.4 is 9.47 Å². The number of carbonyl (C=O) groups excluding carboxylic acids is 3. The van der Waals surface area contributed by atoms with E-state index in [1.165, 1.54) is 29.2 Å². The second-order valence-electron chi connectivity index (χ2n) is 16.4. The van der Waals surface area contributed by atoms with E-state index in [-0.39, 0.29) is 17.5 Å². The van der Waals surface area contributed by atoms with Crippen molar-refractivity contribution in [3.05, 3.63) is 239 Å². The number of carbonyl (C=O) groups is 3. The number of hydrogen-bond donors (Lipinski definition) is 0. The van der Waals surface area contributed by atoms with Crippen LogP contribution in [0.15, 0.2) is 194 Å². The van der Waals surface area contributed by atoms with E-state index < -0.39 is 0 Å². The fourth-order valence-electron chi connectivity index (χ4n) is 6.82. The van der Waals surface area contributed by atoms with Gasteiger partial charge in [0.1, 0.15) is 11.5 Å². The van der Waals surface area contributed by atoms with Crippen LogP contribution in [0.3, 0.4) is 0 Å². The zero-order valence-electron chi connectivity index (χ0n) is 42.4. The zero-order valence-corrected chi connectivity index (χ0v) is 42.4. The summed E-state index contributed by atoms with van der Waals surface area (Å²) in [6, 6.07) is 59.1. The number of rotatable bonds is 20. The van der Waals surface area contributed by atoms with Crippen molar-refractivity contribution in [3.8, 4) is 22.6 Å². The fourth-order valence-corrected chi connectivity index (χ4v) is 6.82. The summed E-state index contributed by atoms with van der Waals surface area (Å²) in [5.74, 6) is 1.11. The summed E-state index contributed by atoms with van der Waals surface area (Å²) in [6.45, 7) is 13.4. The minimum absolute atomic E-state index is 0.000726. The molecule has 0 radical (unpaired) electrons. The van der Waals surface area contributed by atoms with Crippen molar-refractivity contribution in [1.29, 1.82) is 0 Å². The van der Waals surface area contributed by atoms with Crippen molar-refractivity contribution in [3.63, 3.8) is 0 Å². The van der Waals surface area contributed by atoms with Crippen molar-refractivity contribution in [2.75, 3.05) is 33.5 Å². The van der Waals surface area contributed by atoms with Crippen LogP contribution in [0.2, 0.25) is 0 Å². The summed E-state index contributed by atoms with van der Waals surface area (Å²) in [5.41, 5.74) is 10.5. The second-order valence-corrected chi connectivity index (χ2v) is 16.4. The molecule has 0 fully saturated rings. The van der Waals surface area contributed by atoms with E-state index in [0.717, 1.165) is 86.5 Å². The summed E-state index contributed by atoms with van der Waals surface area (Å²) < 4.78 is 20.4. The highest BCUT2D eigenvalue weighted by Crippen LogP contribution is 2.24. The summed E-state index contributed by atoms with van der Waals surface area (Å²) in [5, 5.41) is 0. The van der Waals surface area contributed by atoms with E-state index in [1.807, 2.05) is 128 Å². The van der Waals surface area contributed by atoms with Gasteiger partial charge in [-0.1, -0.05) is 191 Å². The third-order valence-electron chi connectivity index (χ3n) is 10.6. The normalized spacial score (nSPS) is 10.5. The van der Waals surface area contributed by atoms with E-state index in [4.69, 9.17) is 18.9 Å². The van der Waals surface area contributed by atoms with Crippen LogP contribution in [0.5, 0.6) is 11.5 Å². The minimum Gasteiger partial charge on any atom is -0.497 e. The predicted octanol–water partition coefficient (Wildman–Crippen LogP) is 15.2. The first-order chi connectivity index (χ1) is 34.6. The molecule has 0 bridgehead atoms. The van der Waals surface area contributed by atoms with Crippen LogP contribution in [0.1, 0.15) is 108 Å². The topological polar surface area (TPSA) is 88.1 Å². The molecule has 71 heavy (non-hydrogen) atoms. The van der Waals surface area contributed by atoms with Gasteiger partial charge in [0.25, 0.3) is 0 Å². The Morgan fingerprint density at radius 1 is 0.423 bits per heavy atom. The van der Waals surface area contributed by atoms with Crippen molar-refractivity contribution in [2.45, 2.75) is 66.7 Å². The van der Waals surface area contributed by atoms with E-state index >= 15 is 0 Å². The summed E-state index contributed by atoms with van der Waals surface area (Å²) in [6.07, 6.45) is 12.0. The van der Waals surface area contributed by atoms with Gasteiger partial charge in [-0.2, -0.15) is 0 Å². The Kier molecular flexibility index (Phi) is 26.2. The average Bonchev–Trinajstić information content (AvgIpc) is 3.41. The minimum atomic E-state index is -0.322. The fraction of sp³-hybridized carbons (Fsp3) is 0.234. The maximum atomic E-state index is 12.2. The molecule has 7 heteroatoms. The summed E-state index contributed by atoms with van der Waals surface area (Å²) in [7, 11) is 1.67. The number of allylic oxidation sites excluding steroid dienone is 2. The third kappa shape index (κ3) is 22.2. The summed E-state index contributed by atoms with van der Waals surface area (Å²) >= 11 is 0. The van der Waals surface area contributed by atoms with Crippen molar-refractivity contribution >= 4 is 29.7 Å². The number of hydrogen-bond acceptors (Lipinski definition) is 7. The van der Waals surface area contributed by atoms with Crippen molar-refractivity contribution < 1.29 is 33.3 Å². The SMILES string of the molecule is CC(=O)Oc1ccc(-c2ccc(Cc3ccc(/C=C/C(=O)c4ccccc4)cc3)cc2)cc1.CCCOCC.CCCOCCC.COc1ccc(Cc2ccc(/C=C/C(=O)c3ccccc3)cc2)cc1. The van der Waals surface area contributed by atoms with Gasteiger partial charge in [0.05, 0.1) is 7.11 Å². The van der Waals surface area contributed by atoms with Crippen LogP contribution >= 0.6 is 0 Å². The molecule has 7 aromatic carbocycles. The number of methoxy groups -OCH3 is 1. The van der Waals surface area contributed by atoms with Gasteiger partial charge in [-0.3, -0.25) is 14.4 Å². The molecular formula is C64H70O7. The van der Waals surface area contributed by atoms with Gasteiger partial charge in [0.2, 0.25) is 0 Å². The van der Waals surface area contributed by atoms with Crippen LogP contribution in [-0.2, 0) is 27.1 Å². The van der Waals surface area contributed by atoms with Gasteiger partial charge in [-0.05, 0) is 120 Å². The quantitative estimate of drug-likeness (QED) is 0.0247. The molecule has 7 aromatic rings. The Bertz CT molecular complexity index is 2610. The maximum Gasteiger partial charge on any atom is 0.308 e. The standard InChI is InChI=1S/C30H24O3.C23H20O2.C6H14O.C5H12O/c1-22(31)33-29-18-16-27(17-19-29)26-14-11-25(12-15-26)21-24-9-7-23(8-10-24)13-20-30(32)28-5-3-2-4-6-28;1-25-22-14-11-20(12-15-22)17-19-9-7-18(8-10-19)13-16-23(24)21-5-3-2-4-6-21;1-3-5-7-6-4-2;1-3-5-6-4-2/h2-20H,21H2,1H3;2-16H,17H2,1H3;3-6H2,1-2H3;3-5H2,1-2H3/b20-13+;16-13+;;. The molecular weight excluding hydrogens is 881 g/mol.